The third kappa shape index (κ3) is 3.64. The Balaban J connectivity index is 0.000000452. The van der Waals surface area contributed by atoms with E-state index >= 15 is 0 Å². The van der Waals surface area contributed by atoms with Gasteiger partial charge in [0.25, 0.3) is 0 Å². The van der Waals surface area contributed by atoms with Gasteiger partial charge < -0.3 is 0 Å². The fourth-order valence-corrected chi connectivity index (χ4v) is 2.65. The van der Waals surface area contributed by atoms with E-state index in [0.717, 1.165) is 6.42 Å². The molecule has 0 heterocycles. The molecule has 0 spiro atoms. The second-order valence-electron chi connectivity index (χ2n) is 4.93. The van der Waals surface area contributed by atoms with Crippen LogP contribution in [0, 0.1) is 6.92 Å². The molecule has 20 heavy (non-hydrogen) atoms. The van der Waals surface area contributed by atoms with Crippen LogP contribution in [0.2, 0.25) is 0 Å². The quantitative estimate of drug-likeness (QED) is 0.568. The van der Waals surface area contributed by atoms with Crippen molar-refractivity contribution in [2.45, 2.75) is 20.3 Å². The van der Waals surface area contributed by atoms with Crippen molar-refractivity contribution in [3.8, 4) is 11.1 Å². The first kappa shape index (κ1) is 16.0. The summed E-state index contributed by atoms with van der Waals surface area (Å²) in [5.74, 6) is 0. The van der Waals surface area contributed by atoms with Gasteiger partial charge in [0.15, 0.2) is 0 Å². The minimum absolute atomic E-state index is 0.826. The molecule has 0 saturated carbocycles. The van der Waals surface area contributed by atoms with Crippen molar-refractivity contribution in [1.29, 1.82) is 0 Å². The Kier molecular flexibility index (Phi) is 6.08. The third-order valence-electron chi connectivity index (χ3n) is 3.49. The molecule has 0 atom stereocenters. The Morgan fingerprint density at radius 2 is 1.55 bits per heavy atom. The van der Waals surface area contributed by atoms with E-state index in [1.54, 1.807) is 0 Å². The van der Waals surface area contributed by atoms with Crippen LogP contribution in [0.5, 0.6) is 0 Å². The van der Waals surface area contributed by atoms with Crippen LogP contribution < -0.4 is 0 Å². The minimum atomic E-state index is -0.826. The number of fused-ring (bicyclic) bond motifs is 1. The molecule has 0 fully saturated rings. The molecule has 0 amide bonds. The molecule has 0 saturated heterocycles. The van der Waals surface area contributed by atoms with E-state index in [1.165, 1.54) is 33.4 Å². The van der Waals surface area contributed by atoms with E-state index in [4.69, 9.17) is 17.0 Å². The number of aryl methyl sites for hydroxylation is 1. The Bertz CT molecular complexity index is 633. The molecular formula is C17H16Cl2Zr. The third-order valence-corrected chi connectivity index (χ3v) is 3.49. The van der Waals surface area contributed by atoms with Gasteiger partial charge in [-0.1, -0.05) is 54.1 Å². The van der Waals surface area contributed by atoms with Gasteiger partial charge in [0, 0.05) is 0 Å². The van der Waals surface area contributed by atoms with E-state index < -0.39 is 20.8 Å². The second-order valence-corrected chi connectivity index (χ2v) is 8.66. The van der Waals surface area contributed by atoms with Gasteiger partial charge in [-0.15, -0.1) is 0 Å². The molecule has 2 aromatic rings. The molecule has 102 valence electrons. The summed E-state index contributed by atoms with van der Waals surface area (Å²) in [6, 6.07) is 15.3. The Hall–Kier alpha value is -0.357. The van der Waals surface area contributed by atoms with Gasteiger partial charge in [-0.2, -0.15) is 0 Å². The van der Waals surface area contributed by atoms with Gasteiger partial charge in [-0.25, -0.2) is 0 Å². The molecule has 0 nitrogen and oxygen atoms in total. The first-order valence-corrected chi connectivity index (χ1v) is 12.8. The molecule has 3 rings (SSSR count). The van der Waals surface area contributed by atoms with Crippen LogP contribution in [0.15, 0.2) is 48.0 Å². The van der Waals surface area contributed by atoms with Gasteiger partial charge in [0.05, 0.1) is 0 Å². The predicted octanol–water partition coefficient (Wildman–Crippen LogP) is 6.00. The number of allylic oxidation sites excluding steroid dienone is 1. The number of hydrogen-bond acceptors (Lipinski definition) is 0. The van der Waals surface area contributed by atoms with Gasteiger partial charge in [0.1, 0.15) is 0 Å². The standard InChI is InChI=1S/C17H16.2ClH.Zr/c1-12-10-14-7-5-9-16(17(14)11-12)15-8-4-3-6-13(15)2;;;/h3-9,11H,10H2,1-2H3;2*1H;/q;;;+2/p-2. The van der Waals surface area contributed by atoms with Crippen LogP contribution in [-0.2, 0) is 27.3 Å². The Morgan fingerprint density at radius 3 is 2.25 bits per heavy atom. The zero-order valence-corrected chi connectivity index (χ0v) is 15.6. The van der Waals surface area contributed by atoms with Gasteiger partial charge in [-0.3, -0.25) is 0 Å². The van der Waals surface area contributed by atoms with Gasteiger partial charge in [0.2, 0.25) is 0 Å². The molecule has 0 aliphatic heterocycles. The van der Waals surface area contributed by atoms with Crippen LogP contribution in [0.1, 0.15) is 23.6 Å². The monoisotopic (exact) mass is 380 g/mol. The summed E-state index contributed by atoms with van der Waals surface area (Å²) in [7, 11) is 9.87. The van der Waals surface area contributed by atoms with Crippen molar-refractivity contribution in [2.24, 2.45) is 0 Å². The van der Waals surface area contributed by atoms with Crippen LogP contribution in [0.25, 0.3) is 17.2 Å². The van der Waals surface area contributed by atoms with Crippen molar-refractivity contribution in [3.63, 3.8) is 0 Å². The summed E-state index contributed by atoms with van der Waals surface area (Å²) in [5, 5.41) is 0. The molecular weight excluding hydrogens is 366 g/mol. The first-order valence-electron chi connectivity index (χ1n) is 6.48. The fourth-order valence-electron chi connectivity index (χ4n) is 2.65. The Labute approximate surface area is 139 Å². The molecule has 0 bridgehead atoms. The van der Waals surface area contributed by atoms with E-state index in [9.17, 15) is 0 Å². The first-order chi connectivity index (χ1) is 9.67. The van der Waals surface area contributed by atoms with Crippen molar-refractivity contribution < 1.29 is 20.8 Å². The second kappa shape index (κ2) is 7.59. The molecule has 2 aromatic carbocycles. The fraction of sp³-hybridized carbons (Fsp3) is 0.176. The number of rotatable bonds is 1. The topological polar surface area (TPSA) is 0 Å². The summed E-state index contributed by atoms with van der Waals surface area (Å²) in [6.45, 7) is 4.39. The number of hydrogen-bond donors (Lipinski definition) is 0. The summed E-state index contributed by atoms with van der Waals surface area (Å²) in [4.78, 5) is 0. The summed E-state index contributed by atoms with van der Waals surface area (Å²) in [6.07, 6.45) is 3.44. The van der Waals surface area contributed by atoms with Crippen LogP contribution in [0.4, 0.5) is 0 Å². The molecule has 0 aromatic heterocycles. The van der Waals surface area contributed by atoms with Crippen molar-refractivity contribution in [3.05, 3.63) is 64.7 Å². The van der Waals surface area contributed by atoms with Crippen LogP contribution in [-0.4, -0.2) is 0 Å². The Morgan fingerprint density at radius 1 is 0.900 bits per heavy atom. The number of halogens is 2. The van der Waals surface area contributed by atoms with E-state index in [2.05, 4.69) is 62.4 Å². The van der Waals surface area contributed by atoms with Crippen molar-refractivity contribution >= 4 is 23.1 Å². The molecule has 0 N–H and O–H groups in total. The van der Waals surface area contributed by atoms with Gasteiger partial charge >= 0.3 is 37.9 Å². The summed E-state index contributed by atoms with van der Waals surface area (Å²) < 4.78 is 0. The van der Waals surface area contributed by atoms with E-state index in [1.807, 2.05) is 0 Å². The van der Waals surface area contributed by atoms with Crippen molar-refractivity contribution in [1.82, 2.24) is 0 Å². The average molecular weight is 382 g/mol. The van der Waals surface area contributed by atoms with E-state index in [0.29, 0.717) is 0 Å². The SMILES string of the molecule is CC1=Cc2c(cccc2-c2ccccc2C)C1.[Cl][Zr][Cl]. The van der Waals surface area contributed by atoms with E-state index in [-0.39, 0.29) is 0 Å². The maximum absolute atomic E-state index is 4.93. The molecule has 0 unspecified atom stereocenters. The predicted molar refractivity (Wildman–Crippen MR) is 85.7 cm³/mol. The summed E-state index contributed by atoms with van der Waals surface area (Å²) in [5.41, 5.74) is 8.41. The van der Waals surface area contributed by atoms with Crippen molar-refractivity contribution in [2.75, 3.05) is 0 Å². The molecule has 1 aliphatic rings. The normalized spacial score (nSPS) is 12.1. The van der Waals surface area contributed by atoms with Crippen LogP contribution in [0.3, 0.4) is 0 Å². The summed E-state index contributed by atoms with van der Waals surface area (Å²) >= 11 is -0.826. The molecule has 0 radical (unpaired) electrons. The zero-order chi connectivity index (χ0) is 14.5. The zero-order valence-electron chi connectivity index (χ0n) is 11.6. The molecule has 1 aliphatic carbocycles. The van der Waals surface area contributed by atoms with Gasteiger partial charge in [-0.05, 0) is 48.1 Å². The average Bonchev–Trinajstić information content (AvgIpc) is 2.80. The van der Waals surface area contributed by atoms with Crippen LogP contribution >= 0.6 is 17.0 Å². The molecule has 3 heteroatoms. The maximum atomic E-state index is 4.93. The number of benzene rings is 2.